The van der Waals surface area contributed by atoms with E-state index in [0.29, 0.717) is 5.92 Å². The third-order valence-electron chi connectivity index (χ3n) is 2.00. The molecule has 3 heteroatoms. The Hall–Kier alpha value is -0.590. The number of nitrogens with one attached hydrogen (secondary N) is 1. The van der Waals surface area contributed by atoms with Gasteiger partial charge in [-0.3, -0.25) is 0 Å². The van der Waals surface area contributed by atoms with Gasteiger partial charge in [0.2, 0.25) is 0 Å². The maximum absolute atomic E-state index is 8.75. The molecule has 1 saturated heterocycles. The fourth-order valence-corrected chi connectivity index (χ4v) is 1.35. The van der Waals surface area contributed by atoms with Gasteiger partial charge in [0, 0.05) is 12.5 Å². The first-order valence-corrected chi connectivity index (χ1v) is 4.09. The Labute approximate surface area is 67.3 Å². The molecule has 1 aliphatic rings. The van der Waals surface area contributed by atoms with Crippen LogP contribution in [-0.2, 0) is 4.74 Å². The van der Waals surface area contributed by atoms with Gasteiger partial charge < -0.3 is 10.1 Å². The molecule has 0 aliphatic carbocycles. The van der Waals surface area contributed by atoms with Crippen LogP contribution in [0, 0.1) is 17.2 Å². The Morgan fingerprint density at radius 1 is 1.82 bits per heavy atom. The lowest BCUT2D eigenvalue weighted by molar-refractivity contribution is 0.181. The second kappa shape index (κ2) is 4.32. The monoisotopic (exact) mass is 154 g/mol. The van der Waals surface area contributed by atoms with E-state index in [2.05, 4.69) is 11.4 Å². The van der Waals surface area contributed by atoms with Crippen molar-refractivity contribution in [2.24, 2.45) is 5.92 Å². The predicted molar refractivity (Wildman–Crippen MR) is 42.0 cm³/mol. The van der Waals surface area contributed by atoms with E-state index >= 15 is 0 Å². The average Bonchev–Trinajstić information content (AvgIpc) is 2.52. The molecule has 0 saturated carbocycles. The van der Waals surface area contributed by atoms with Crippen LogP contribution >= 0.6 is 0 Å². The van der Waals surface area contributed by atoms with Crippen LogP contribution in [0.4, 0.5) is 0 Å². The fourth-order valence-electron chi connectivity index (χ4n) is 1.35. The number of hydrogen-bond donors (Lipinski definition) is 1. The van der Waals surface area contributed by atoms with Crippen molar-refractivity contribution in [3.05, 3.63) is 0 Å². The summed E-state index contributed by atoms with van der Waals surface area (Å²) < 4.78 is 5.20. The molecule has 0 aromatic rings. The van der Waals surface area contributed by atoms with Crippen molar-refractivity contribution in [2.75, 3.05) is 19.8 Å². The number of nitriles is 1. The van der Waals surface area contributed by atoms with Gasteiger partial charge in [-0.2, -0.15) is 5.26 Å². The first-order chi connectivity index (χ1) is 5.38. The third kappa shape index (κ3) is 2.18. The van der Waals surface area contributed by atoms with Crippen LogP contribution in [0.5, 0.6) is 0 Å². The quantitative estimate of drug-likeness (QED) is 0.644. The van der Waals surface area contributed by atoms with Gasteiger partial charge in [-0.1, -0.05) is 6.92 Å². The van der Waals surface area contributed by atoms with E-state index in [0.717, 1.165) is 26.2 Å². The second-order valence-electron chi connectivity index (χ2n) is 2.79. The normalized spacial score (nSPS) is 26.4. The largest absolute Gasteiger partial charge is 0.381 e. The molecule has 0 radical (unpaired) electrons. The van der Waals surface area contributed by atoms with Crippen LogP contribution in [0.15, 0.2) is 0 Å². The zero-order chi connectivity index (χ0) is 8.10. The van der Waals surface area contributed by atoms with Gasteiger partial charge in [0.1, 0.15) is 6.04 Å². The number of nitrogens with zero attached hydrogens (tertiary/aromatic N) is 1. The number of ether oxygens (including phenoxy) is 1. The topological polar surface area (TPSA) is 45.0 Å². The fraction of sp³-hybridized carbons (Fsp3) is 0.875. The SMILES string of the molecule is CCNC(C#N)C1CCOC1. The van der Waals surface area contributed by atoms with Crippen LogP contribution in [0.25, 0.3) is 0 Å². The minimum absolute atomic E-state index is 0.0116. The lowest BCUT2D eigenvalue weighted by atomic mass is 10.0. The van der Waals surface area contributed by atoms with Crippen molar-refractivity contribution in [1.82, 2.24) is 5.32 Å². The molecule has 1 rings (SSSR count). The summed E-state index contributed by atoms with van der Waals surface area (Å²) in [5.41, 5.74) is 0. The zero-order valence-corrected chi connectivity index (χ0v) is 6.84. The first kappa shape index (κ1) is 8.51. The molecule has 2 atom stereocenters. The molecule has 3 nitrogen and oxygen atoms in total. The average molecular weight is 154 g/mol. The molecule has 62 valence electrons. The minimum Gasteiger partial charge on any atom is -0.381 e. The van der Waals surface area contributed by atoms with Crippen molar-refractivity contribution < 1.29 is 4.74 Å². The molecule has 1 fully saturated rings. The van der Waals surface area contributed by atoms with E-state index < -0.39 is 0 Å². The molecule has 0 aromatic heterocycles. The molecule has 0 aromatic carbocycles. The van der Waals surface area contributed by atoms with Crippen molar-refractivity contribution in [1.29, 1.82) is 5.26 Å². The van der Waals surface area contributed by atoms with Crippen molar-refractivity contribution in [2.45, 2.75) is 19.4 Å². The predicted octanol–water partition coefficient (Wildman–Crippen LogP) is 0.525. The van der Waals surface area contributed by atoms with Crippen LogP contribution in [0.3, 0.4) is 0 Å². The smallest absolute Gasteiger partial charge is 0.100 e. The third-order valence-corrected chi connectivity index (χ3v) is 2.00. The van der Waals surface area contributed by atoms with E-state index in [9.17, 15) is 0 Å². The summed E-state index contributed by atoms with van der Waals surface area (Å²) in [7, 11) is 0. The van der Waals surface area contributed by atoms with Crippen molar-refractivity contribution in [3.63, 3.8) is 0 Å². The second-order valence-corrected chi connectivity index (χ2v) is 2.79. The van der Waals surface area contributed by atoms with Gasteiger partial charge in [-0.05, 0) is 13.0 Å². The summed E-state index contributed by atoms with van der Waals surface area (Å²) in [4.78, 5) is 0. The highest BCUT2D eigenvalue weighted by Crippen LogP contribution is 2.15. The Bertz CT molecular complexity index is 147. The van der Waals surface area contributed by atoms with Crippen molar-refractivity contribution in [3.8, 4) is 6.07 Å². The highest BCUT2D eigenvalue weighted by atomic mass is 16.5. The molecule has 2 unspecified atom stereocenters. The molecule has 0 spiro atoms. The van der Waals surface area contributed by atoms with Gasteiger partial charge in [0.05, 0.1) is 12.7 Å². The van der Waals surface area contributed by atoms with Crippen LogP contribution in [-0.4, -0.2) is 25.8 Å². The molecule has 11 heavy (non-hydrogen) atoms. The van der Waals surface area contributed by atoms with E-state index in [1.807, 2.05) is 6.92 Å². The standard InChI is InChI=1S/C8H14N2O/c1-2-10-8(5-9)7-3-4-11-6-7/h7-8,10H,2-4,6H2,1H3. The summed E-state index contributed by atoms with van der Waals surface area (Å²) >= 11 is 0. The summed E-state index contributed by atoms with van der Waals surface area (Å²) in [5, 5.41) is 11.9. The van der Waals surface area contributed by atoms with Gasteiger partial charge in [0.15, 0.2) is 0 Å². The molecule has 1 N–H and O–H groups in total. The summed E-state index contributed by atoms with van der Waals surface area (Å²) in [6.45, 7) is 4.42. The Morgan fingerprint density at radius 3 is 3.09 bits per heavy atom. The summed E-state index contributed by atoms with van der Waals surface area (Å²) in [5.74, 6) is 0.403. The highest BCUT2D eigenvalue weighted by molar-refractivity contribution is 4.95. The van der Waals surface area contributed by atoms with Crippen molar-refractivity contribution >= 4 is 0 Å². The van der Waals surface area contributed by atoms with E-state index in [1.165, 1.54) is 0 Å². The number of hydrogen-bond acceptors (Lipinski definition) is 3. The zero-order valence-electron chi connectivity index (χ0n) is 6.84. The minimum atomic E-state index is -0.0116. The van der Waals surface area contributed by atoms with E-state index in [4.69, 9.17) is 10.00 Å². The molecular weight excluding hydrogens is 140 g/mol. The van der Waals surface area contributed by atoms with Gasteiger partial charge in [-0.25, -0.2) is 0 Å². The Morgan fingerprint density at radius 2 is 2.64 bits per heavy atom. The van der Waals surface area contributed by atoms with Crippen LogP contribution < -0.4 is 5.32 Å². The molecular formula is C8H14N2O. The lowest BCUT2D eigenvalue weighted by Crippen LogP contribution is -2.34. The maximum Gasteiger partial charge on any atom is 0.100 e. The molecule has 0 bridgehead atoms. The Balaban J connectivity index is 2.35. The lowest BCUT2D eigenvalue weighted by Gasteiger charge is -2.14. The van der Waals surface area contributed by atoms with E-state index in [-0.39, 0.29) is 6.04 Å². The van der Waals surface area contributed by atoms with Crippen LogP contribution in [0.1, 0.15) is 13.3 Å². The van der Waals surface area contributed by atoms with Crippen LogP contribution in [0.2, 0.25) is 0 Å². The summed E-state index contributed by atoms with van der Waals surface area (Å²) in [6.07, 6.45) is 1.02. The maximum atomic E-state index is 8.75. The first-order valence-electron chi connectivity index (χ1n) is 4.09. The summed E-state index contributed by atoms with van der Waals surface area (Å²) in [6, 6.07) is 2.24. The Kier molecular flexibility index (Phi) is 3.34. The van der Waals surface area contributed by atoms with E-state index in [1.54, 1.807) is 0 Å². The molecule has 1 heterocycles. The van der Waals surface area contributed by atoms with Gasteiger partial charge in [-0.15, -0.1) is 0 Å². The van der Waals surface area contributed by atoms with Gasteiger partial charge in [0.25, 0.3) is 0 Å². The van der Waals surface area contributed by atoms with Gasteiger partial charge >= 0.3 is 0 Å². The highest BCUT2D eigenvalue weighted by Gasteiger charge is 2.24. The molecule has 0 amide bonds. The number of rotatable bonds is 3. The molecule has 1 aliphatic heterocycles.